The molecule has 0 radical (unpaired) electrons. The van der Waals surface area contributed by atoms with Gasteiger partial charge in [0, 0.05) is 10.6 Å². The number of methoxy groups -OCH3 is 1. The van der Waals surface area contributed by atoms with Crippen LogP contribution in [-0.4, -0.2) is 31.8 Å². The smallest absolute Gasteiger partial charge is 0.343 e. The van der Waals surface area contributed by atoms with Crippen molar-refractivity contribution >= 4 is 29.7 Å². The van der Waals surface area contributed by atoms with E-state index in [0.717, 1.165) is 0 Å². The predicted molar refractivity (Wildman–Crippen MR) is 90.5 cm³/mol. The highest BCUT2D eigenvalue weighted by atomic mass is 35.5. The summed E-state index contributed by atoms with van der Waals surface area (Å²) in [5.41, 5.74) is 3.57. The van der Waals surface area contributed by atoms with E-state index in [1.807, 2.05) is 0 Å². The molecule has 124 valence electrons. The first-order chi connectivity index (χ1) is 11.6. The summed E-state index contributed by atoms with van der Waals surface area (Å²) in [7, 11) is 1.29. The summed E-state index contributed by atoms with van der Waals surface area (Å²) in [6, 6.07) is 13.4. The lowest BCUT2D eigenvalue weighted by molar-refractivity contribution is -0.142. The third kappa shape index (κ3) is 5.40. The molecule has 2 rings (SSSR count). The highest BCUT2D eigenvalue weighted by Gasteiger charge is 2.04. The minimum atomic E-state index is -0.468. The maximum Gasteiger partial charge on any atom is 0.343 e. The molecule has 2 aromatic rings. The molecule has 1 N–H and O–H groups in total. The summed E-state index contributed by atoms with van der Waals surface area (Å²) in [5.74, 6) is -0.321. The molecule has 0 saturated carbocycles. The maximum absolute atomic E-state index is 11.9. The summed E-state index contributed by atoms with van der Waals surface area (Å²) in [5, 5.41) is 4.44. The van der Waals surface area contributed by atoms with Crippen molar-refractivity contribution in [3.63, 3.8) is 0 Å². The van der Waals surface area contributed by atoms with Crippen LogP contribution in [0.5, 0.6) is 5.75 Å². The Bertz CT molecular complexity index is 745. The normalized spacial score (nSPS) is 10.4. The lowest BCUT2D eigenvalue weighted by Crippen LogP contribution is -2.17. The summed E-state index contributed by atoms with van der Waals surface area (Å²) in [4.78, 5) is 22.9. The van der Waals surface area contributed by atoms with Gasteiger partial charge in [0.15, 0.2) is 6.61 Å². The third-order valence-electron chi connectivity index (χ3n) is 2.93. The van der Waals surface area contributed by atoms with Crippen molar-refractivity contribution in [1.29, 1.82) is 0 Å². The van der Waals surface area contributed by atoms with Crippen LogP contribution in [0.4, 0.5) is 0 Å². The van der Waals surface area contributed by atoms with Gasteiger partial charge in [0.25, 0.3) is 5.91 Å². The van der Waals surface area contributed by atoms with E-state index in [1.54, 1.807) is 48.5 Å². The van der Waals surface area contributed by atoms with Crippen LogP contribution in [0, 0.1) is 0 Å². The van der Waals surface area contributed by atoms with Gasteiger partial charge in [-0.15, -0.1) is 0 Å². The molecule has 0 atom stereocenters. The number of hydrazone groups is 1. The Morgan fingerprint density at radius 3 is 2.67 bits per heavy atom. The topological polar surface area (TPSA) is 77.0 Å². The molecule has 6 nitrogen and oxygen atoms in total. The average molecular weight is 347 g/mol. The molecule has 0 spiro atoms. The highest BCUT2D eigenvalue weighted by Crippen LogP contribution is 2.12. The minimum absolute atomic E-state index is 0.176. The quantitative estimate of drug-likeness (QED) is 0.495. The molecule has 7 heteroatoms. The number of benzene rings is 2. The largest absolute Gasteiger partial charge is 0.482 e. The van der Waals surface area contributed by atoms with Crippen LogP contribution in [0.2, 0.25) is 5.02 Å². The molecule has 0 aliphatic rings. The number of amides is 1. The summed E-state index contributed by atoms with van der Waals surface area (Å²) < 4.78 is 9.77. The Kier molecular flexibility index (Phi) is 6.33. The molecule has 2 aromatic carbocycles. The molecule has 24 heavy (non-hydrogen) atoms. The number of rotatable bonds is 6. The van der Waals surface area contributed by atoms with Crippen molar-refractivity contribution in [2.45, 2.75) is 0 Å². The van der Waals surface area contributed by atoms with Gasteiger partial charge in [-0.25, -0.2) is 10.2 Å². The monoisotopic (exact) mass is 346 g/mol. The van der Waals surface area contributed by atoms with Crippen LogP contribution in [0.1, 0.15) is 15.9 Å². The summed E-state index contributed by atoms with van der Waals surface area (Å²) in [6.45, 7) is -0.176. The second-order valence-corrected chi connectivity index (χ2v) is 5.08. The van der Waals surface area contributed by atoms with E-state index in [0.29, 0.717) is 21.9 Å². The first kappa shape index (κ1) is 17.5. The third-order valence-corrected chi connectivity index (χ3v) is 3.18. The van der Waals surface area contributed by atoms with Crippen LogP contribution < -0.4 is 10.2 Å². The maximum atomic E-state index is 11.9. The van der Waals surface area contributed by atoms with Gasteiger partial charge in [-0.2, -0.15) is 5.10 Å². The zero-order valence-corrected chi connectivity index (χ0v) is 13.6. The zero-order chi connectivity index (χ0) is 17.4. The Morgan fingerprint density at radius 1 is 1.21 bits per heavy atom. The average Bonchev–Trinajstić information content (AvgIpc) is 2.60. The van der Waals surface area contributed by atoms with Gasteiger partial charge in [-0.05, 0) is 42.0 Å². The molecule has 0 bridgehead atoms. The van der Waals surface area contributed by atoms with Crippen molar-refractivity contribution in [3.8, 4) is 5.75 Å². The van der Waals surface area contributed by atoms with Gasteiger partial charge >= 0.3 is 5.97 Å². The van der Waals surface area contributed by atoms with E-state index >= 15 is 0 Å². The summed E-state index contributed by atoms with van der Waals surface area (Å²) >= 11 is 5.77. The van der Waals surface area contributed by atoms with E-state index in [4.69, 9.17) is 16.3 Å². The van der Waals surface area contributed by atoms with Crippen LogP contribution in [-0.2, 0) is 9.53 Å². The molecule has 0 heterocycles. The number of hydrogen-bond acceptors (Lipinski definition) is 5. The number of hydrogen-bond donors (Lipinski definition) is 1. The van der Waals surface area contributed by atoms with E-state index in [9.17, 15) is 9.59 Å². The predicted octanol–water partition coefficient (Wildman–Crippen LogP) is 2.66. The number of nitrogens with zero attached hydrogens (tertiary/aromatic N) is 1. The fourth-order valence-electron chi connectivity index (χ4n) is 1.72. The van der Waals surface area contributed by atoms with Crippen molar-refractivity contribution in [2.75, 3.05) is 13.7 Å². The molecule has 0 aliphatic carbocycles. The molecule has 0 aromatic heterocycles. The van der Waals surface area contributed by atoms with Crippen LogP contribution in [0.3, 0.4) is 0 Å². The molecular formula is C17H15ClN2O4. The standard InChI is InChI=1S/C17H15ClN2O4/c1-23-16(21)11-24-15-4-2-3-12(9-15)10-19-20-17(22)13-5-7-14(18)8-6-13/h2-10H,11H2,1H3,(H,20,22)/b19-10-. The molecular weight excluding hydrogens is 332 g/mol. The number of ether oxygens (including phenoxy) is 2. The van der Waals surface area contributed by atoms with Crippen molar-refractivity contribution in [1.82, 2.24) is 5.43 Å². The number of nitrogens with one attached hydrogen (secondary N) is 1. The van der Waals surface area contributed by atoms with E-state index in [2.05, 4.69) is 15.3 Å². The van der Waals surface area contributed by atoms with Crippen LogP contribution in [0.25, 0.3) is 0 Å². The highest BCUT2D eigenvalue weighted by molar-refractivity contribution is 6.30. The molecule has 0 aliphatic heterocycles. The van der Waals surface area contributed by atoms with Gasteiger partial charge in [0.05, 0.1) is 13.3 Å². The van der Waals surface area contributed by atoms with Crippen molar-refractivity contribution in [2.24, 2.45) is 5.10 Å². The Hall–Kier alpha value is -2.86. The number of carbonyl (C=O) groups excluding carboxylic acids is 2. The van der Waals surface area contributed by atoms with Crippen LogP contribution >= 0.6 is 11.6 Å². The molecule has 0 saturated heterocycles. The van der Waals surface area contributed by atoms with Crippen LogP contribution in [0.15, 0.2) is 53.6 Å². The Labute approximate surface area is 144 Å². The minimum Gasteiger partial charge on any atom is -0.482 e. The number of halogens is 1. The zero-order valence-electron chi connectivity index (χ0n) is 12.9. The Morgan fingerprint density at radius 2 is 1.96 bits per heavy atom. The van der Waals surface area contributed by atoms with Crippen molar-refractivity contribution < 1.29 is 19.1 Å². The van der Waals surface area contributed by atoms with E-state index in [1.165, 1.54) is 13.3 Å². The fraction of sp³-hybridized carbons (Fsp3) is 0.118. The first-order valence-electron chi connectivity index (χ1n) is 6.97. The van der Waals surface area contributed by atoms with Gasteiger partial charge in [-0.1, -0.05) is 23.7 Å². The molecule has 0 fully saturated rings. The lowest BCUT2D eigenvalue weighted by atomic mass is 10.2. The lowest BCUT2D eigenvalue weighted by Gasteiger charge is -2.05. The van der Waals surface area contributed by atoms with Gasteiger partial charge in [0.2, 0.25) is 0 Å². The fourth-order valence-corrected chi connectivity index (χ4v) is 1.84. The number of esters is 1. The van der Waals surface area contributed by atoms with Gasteiger partial charge < -0.3 is 9.47 Å². The van der Waals surface area contributed by atoms with E-state index in [-0.39, 0.29) is 12.5 Å². The van der Waals surface area contributed by atoms with E-state index < -0.39 is 5.97 Å². The van der Waals surface area contributed by atoms with Gasteiger partial charge in [-0.3, -0.25) is 4.79 Å². The SMILES string of the molecule is COC(=O)COc1cccc(/C=N\NC(=O)c2ccc(Cl)cc2)c1. The molecule has 1 amide bonds. The summed E-state index contributed by atoms with van der Waals surface area (Å²) in [6.07, 6.45) is 1.47. The van der Waals surface area contributed by atoms with Crippen molar-refractivity contribution in [3.05, 3.63) is 64.7 Å². The first-order valence-corrected chi connectivity index (χ1v) is 7.35. The molecule has 0 unspecified atom stereocenters. The van der Waals surface area contributed by atoms with Gasteiger partial charge in [0.1, 0.15) is 5.75 Å². The second kappa shape index (κ2) is 8.69. The second-order valence-electron chi connectivity index (χ2n) is 4.64. The Balaban J connectivity index is 1.92. The number of carbonyl (C=O) groups is 2.